The molecule has 1 unspecified atom stereocenters. The number of rotatable bonds is 5. The van der Waals surface area contributed by atoms with Crippen LogP contribution in [0.1, 0.15) is 35.6 Å². The van der Waals surface area contributed by atoms with E-state index in [1.165, 1.54) is 5.56 Å². The summed E-state index contributed by atoms with van der Waals surface area (Å²) in [4.78, 5) is 14.7. The highest BCUT2D eigenvalue weighted by molar-refractivity contribution is 5.75. The lowest BCUT2D eigenvalue weighted by molar-refractivity contribution is 0.191. The lowest BCUT2D eigenvalue weighted by Gasteiger charge is -2.27. The summed E-state index contributed by atoms with van der Waals surface area (Å²) >= 11 is 0. The Kier molecular flexibility index (Phi) is 5.66. The summed E-state index contributed by atoms with van der Waals surface area (Å²) in [5.74, 6) is 1.56. The summed E-state index contributed by atoms with van der Waals surface area (Å²) in [7, 11) is 3.30. The van der Waals surface area contributed by atoms with E-state index in [2.05, 4.69) is 18.3 Å². The lowest BCUT2D eigenvalue weighted by Crippen LogP contribution is -2.39. The topological polar surface area (TPSA) is 50.8 Å². The first-order valence-electron chi connectivity index (χ1n) is 8.95. The second-order valence-electron chi connectivity index (χ2n) is 6.54. The maximum absolute atomic E-state index is 12.8. The Hall–Kier alpha value is -2.69. The molecule has 0 bridgehead atoms. The number of methoxy groups -OCH3 is 2. The van der Waals surface area contributed by atoms with Crippen molar-refractivity contribution in [3.05, 3.63) is 59.2 Å². The molecule has 1 aliphatic heterocycles. The van der Waals surface area contributed by atoms with Crippen LogP contribution in [0.4, 0.5) is 4.79 Å². The van der Waals surface area contributed by atoms with Gasteiger partial charge in [0.05, 0.1) is 20.3 Å². The van der Waals surface area contributed by atoms with Crippen molar-refractivity contribution in [2.24, 2.45) is 0 Å². The van der Waals surface area contributed by atoms with Crippen molar-refractivity contribution in [1.82, 2.24) is 10.2 Å². The quantitative estimate of drug-likeness (QED) is 0.881. The lowest BCUT2D eigenvalue weighted by atomic mass is 10.0. The van der Waals surface area contributed by atoms with Gasteiger partial charge in [0.15, 0.2) is 0 Å². The number of nitrogens with zero attached hydrogens (tertiary/aromatic N) is 1. The van der Waals surface area contributed by atoms with Gasteiger partial charge in [-0.05, 0) is 49.1 Å². The average Bonchev–Trinajstić information content (AvgIpc) is 3.16. The molecular weight excluding hydrogens is 328 g/mol. The molecule has 2 amide bonds. The minimum atomic E-state index is -0.0411. The molecule has 1 aliphatic rings. The number of likely N-dealkylation sites (tertiary alicyclic amines) is 1. The predicted molar refractivity (Wildman–Crippen MR) is 102 cm³/mol. The van der Waals surface area contributed by atoms with Gasteiger partial charge in [-0.2, -0.15) is 0 Å². The number of carbonyl (C=O) groups is 1. The smallest absolute Gasteiger partial charge is 0.318 e. The minimum absolute atomic E-state index is 0.00285. The van der Waals surface area contributed by atoms with E-state index < -0.39 is 0 Å². The van der Waals surface area contributed by atoms with E-state index in [-0.39, 0.29) is 12.1 Å². The van der Waals surface area contributed by atoms with Gasteiger partial charge in [-0.25, -0.2) is 4.79 Å². The van der Waals surface area contributed by atoms with Gasteiger partial charge >= 0.3 is 6.03 Å². The fourth-order valence-corrected chi connectivity index (χ4v) is 3.51. The number of carbonyl (C=O) groups excluding carboxylic acids is 1. The van der Waals surface area contributed by atoms with Gasteiger partial charge in [-0.3, -0.25) is 0 Å². The standard InChI is InChI=1S/C21H26N2O3/c1-15-7-4-5-8-16(15)14-22-21(24)23-12-6-9-19(23)18-13-17(25-2)10-11-20(18)26-3/h4-5,7-8,10-11,13,19H,6,9,12,14H2,1-3H3,(H,22,24). The van der Waals surface area contributed by atoms with Crippen LogP contribution in [0, 0.1) is 6.92 Å². The number of benzene rings is 2. The van der Waals surface area contributed by atoms with E-state index in [1.54, 1.807) is 14.2 Å². The largest absolute Gasteiger partial charge is 0.497 e. The second-order valence-corrected chi connectivity index (χ2v) is 6.54. The van der Waals surface area contributed by atoms with Crippen LogP contribution in [0.25, 0.3) is 0 Å². The zero-order chi connectivity index (χ0) is 18.5. The molecular formula is C21H26N2O3. The molecule has 1 N–H and O–H groups in total. The summed E-state index contributed by atoms with van der Waals surface area (Å²) in [5.41, 5.74) is 3.31. The number of amides is 2. The molecule has 138 valence electrons. The predicted octanol–water partition coefficient (Wildman–Crippen LogP) is 4.06. The number of urea groups is 1. The third-order valence-corrected chi connectivity index (χ3v) is 5.00. The van der Waals surface area contributed by atoms with Gasteiger partial charge in [-0.15, -0.1) is 0 Å². The van der Waals surface area contributed by atoms with Crippen molar-refractivity contribution < 1.29 is 14.3 Å². The van der Waals surface area contributed by atoms with Gasteiger partial charge < -0.3 is 19.7 Å². The van der Waals surface area contributed by atoms with Gasteiger partial charge in [-0.1, -0.05) is 24.3 Å². The monoisotopic (exact) mass is 354 g/mol. The van der Waals surface area contributed by atoms with Crippen LogP contribution in [0.15, 0.2) is 42.5 Å². The summed E-state index contributed by atoms with van der Waals surface area (Å²) in [6, 6.07) is 13.8. The zero-order valence-electron chi connectivity index (χ0n) is 15.6. The molecule has 5 nitrogen and oxygen atoms in total. The van der Waals surface area contributed by atoms with Crippen LogP contribution in [0.5, 0.6) is 11.5 Å². The Morgan fingerprint density at radius 1 is 1.19 bits per heavy atom. The van der Waals surface area contributed by atoms with Crippen molar-refractivity contribution in [1.29, 1.82) is 0 Å². The van der Waals surface area contributed by atoms with E-state index in [0.717, 1.165) is 42.0 Å². The number of aryl methyl sites for hydroxylation is 1. The fourth-order valence-electron chi connectivity index (χ4n) is 3.51. The first kappa shape index (κ1) is 18.1. The summed E-state index contributed by atoms with van der Waals surface area (Å²) in [6.07, 6.45) is 1.89. The molecule has 0 radical (unpaired) electrons. The summed E-state index contributed by atoms with van der Waals surface area (Å²) in [5, 5.41) is 3.06. The van der Waals surface area contributed by atoms with E-state index in [0.29, 0.717) is 6.54 Å². The zero-order valence-corrected chi connectivity index (χ0v) is 15.6. The van der Waals surface area contributed by atoms with Crippen molar-refractivity contribution in [3.63, 3.8) is 0 Å². The molecule has 1 heterocycles. The molecule has 5 heteroatoms. The van der Waals surface area contributed by atoms with Crippen molar-refractivity contribution >= 4 is 6.03 Å². The number of hydrogen-bond acceptors (Lipinski definition) is 3. The molecule has 2 aromatic rings. The minimum Gasteiger partial charge on any atom is -0.497 e. The first-order chi connectivity index (χ1) is 12.6. The number of nitrogens with one attached hydrogen (secondary N) is 1. The Labute approximate surface area is 154 Å². The molecule has 3 rings (SSSR count). The molecule has 26 heavy (non-hydrogen) atoms. The molecule has 0 aliphatic carbocycles. The highest BCUT2D eigenvalue weighted by Gasteiger charge is 2.32. The van der Waals surface area contributed by atoms with Crippen molar-refractivity contribution in [2.75, 3.05) is 20.8 Å². The van der Waals surface area contributed by atoms with E-state index in [1.807, 2.05) is 41.3 Å². The number of ether oxygens (including phenoxy) is 2. The van der Waals surface area contributed by atoms with Crippen LogP contribution in [0.3, 0.4) is 0 Å². The maximum Gasteiger partial charge on any atom is 0.318 e. The maximum atomic E-state index is 12.8. The van der Waals surface area contributed by atoms with Crippen LogP contribution in [-0.4, -0.2) is 31.7 Å². The van der Waals surface area contributed by atoms with Crippen LogP contribution in [-0.2, 0) is 6.54 Å². The van der Waals surface area contributed by atoms with Crippen LogP contribution in [0.2, 0.25) is 0 Å². The Morgan fingerprint density at radius 2 is 2.00 bits per heavy atom. The molecule has 0 aromatic heterocycles. The second kappa shape index (κ2) is 8.13. The third kappa shape index (κ3) is 3.77. The fraction of sp³-hybridized carbons (Fsp3) is 0.381. The molecule has 0 spiro atoms. The first-order valence-corrected chi connectivity index (χ1v) is 8.95. The van der Waals surface area contributed by atoms with Gasteiger partial charge in [0.25, 0.3) is 0 Å². The van der Waals surface area contributed by atoms with E-state index in [9.17, 15) is 4.79 Å². The average molecular weight is 354 g/mol. The molecule has 1 atom stereocenters. The summed E-state index contributed by atoms with van der Waals surface area (Å²) in [6.45, 7) is 3.33. The van der Waals surface area contributed by atoms with Crippen LogP contribution < -0.4 is 14.8 Å². The Morgan fingerprint density at radius 3 is 2.73 bits per heavy atom. The Bertz CT molecular complexity index is 776. The van der Waals surface area contributed by atoms with Gasteiger partial charge in [0.1, 0.15) is 11.5 Å². The van der Waals surface area contributed by atoms with Gasteiger partial charge in [0, 0.05) is 18.7 Å². The Balaban J connectivity index is 1.75. The van der Waals surface area contributed by atoms with Crippen molar-refractivity contribution in [3.8, 4) is 11.5 Å². The highest BCUT2D eigenvalue weighted by atomic mass is 16.5. The molecule has 2 aromatic carbocycles. The van der Waals surface area contributed by atoms with Crippen LogP contribution >= 0.6 is 0 Å². The molecule has 0 saturated carbocycles. The highest BCUT2D eigenvalue weighted by Crippen LogP contribution is 2.38. The molecule has 1 saturated heterocycles. The summed E-state index contributed by atoms with van der Waals surface area (Å²) < 4.78 is 10.9. The van der Waals surface area contributed by atoms with Crippen molar-refractivity contribution in [2.45, 2.75) is 32.4 Å². The van der Waals surface area contributed by atoms with Gasteiger partial charge in [0.2, 0.25) is 0 Å². The third-order valence-electron chi connectivity index (χ3n) is 5.00. The SMILES string of the molecule is COc1ccc(OC)c(C2CCCN2C(=O)NCc2ccccc2C)c1. The normalized spacial score (nSPS) is 16.4. The molecule has 1 fully saturated rings. The van der Waals surface area contributed by atoms with E-state index >= 15 is 0 Å². The van der Waals surface area contributed by atoms with E-state index in [4.69, 9.17) is 9.47 Å². The number of hydrogen-bond donors (Lipinski definition) is 1.